The summed E-state index contributed by atoms with van der Waals surface area (Å²) in [5.41, 5.74) is 0.845. The number of nitrogens with zero attached hydrogens (tertiary/aromatic N) is 1. The third-order valence-corrected chi connectivity index (χ3v) is 3.94. The molecule has 0 radical (unpaired) electrons. The zero-order valence-electron chi connectivity index (χ0n) is 11.3. The van der Waals surface area contributed by atoms with E-state index in [-0.39, 0.29) is 5.78 Å². The maximum atomic E-state index is 12.0. The molecule has 0 aliphatic heterocycles. The standard InChI is InChI=1S/C16H23NO/c1-2-17(13-14-7-6-8-14)12-11-16(18)15-9-4-3-5-10-15/h3-5,9-10,14H,2,6-8,11-13H2,1H3. The van der Waals surface area contributed by atoms with Gasteiger partial charge in [-0.25, -0.2) is 0 Å². The Hall–Kier alpha value is -1.15. The van der Waals surface area contributed by atoms with Crippen molar-refractivity contribution in [3.8, 4) is 0 Å². The van der Waals surface area contributed by atoms with Crippen LogP contribution in [0.1, 0.15) is 43.0 Å². The van der Waals surface area contributed by atoms with Crippen molar-refractivity contribution in [1.82, 2.24) is 4.90 Å². The second-order valence-corrected chi connectivity index (χ2v) is 5.23. The van der Waals surface area contributed by atoms with Crippen LogP contribution in [0.3, 0.4) is 0 Å². The van der Waals surface area contributed by atoms with Crippen LogP contribution in [-0.2, 0) is 0 Å². The Balaban J connectivity index is 1.76. The van der Waals surface area contributed by atoms with Gasteiger partial charge in [0.1, 0.15) is 0 Å². The zero-order chi connectivity index (χ0) is 12.8. The summed E-state index contributed by atoms with van der Waals surface area (Å²) in [7, 11) is 0. The van der Waals surface area contributed by atoms with Gasteiger partial charge in [-0.2, -0.15) is 0 Å². The van der Waals surface area contributed by atoms with Gasteiger partial charge in [0.25, 0.3) is 0 Å². The van der Waals surface area contributed by atoms with E-state index < -0.39 is 0 Å². The highest BCUT2D eigenvalue weighted by atomic mass is 16.1. The van der Waals surface area contributed by atoms with Crippen molar-refractivity contribution in [3.63, 3.8) is 0 Å². The summed E-state index contributed by atoms with van der Waals surface area (Å²) in [6.45, 7) is 5.32. The summed E-state index contributed by atoms with van der Waals surface area (Å²) in [6, 6.07) is 9.62. The Kier molecular flexibility index (Phi) is 4.94. The van der Waals surface area contributed by atoms with Crippen molar-refractivity contribution < 1.29 is 4.79 Å². The van der Waals surface area contributed by atoms with E-state index in [2.05, 4.69) is 11.8 Å². The third kappa shape index (κ3) is 3.67. The smallest absolute Gasteiger partial charge is 0.164 e. The van der Waals surface area contributed by atoms with Crippen LogP contribution < -0.4 is 0 Å². The van der Waals surface area contributed by atoms with E-state index in [1.165, 1.54) is 25.8 Å². The van der Waals surface area contributed by atoms with E-state index in [1.54, 1.807) is 0 Å². The lowest BCUT2D eigenvalue weighted by Gasteiger charge is -2.31. The molecule has 0 N–H and O–H groups in total. The molecule has 1 aliphatic rings. The van der Waals surface area contributed by atoms with E-state index in [4.69, 9.17) is 0 Å². The Morgan fingerprint density at radius 3 is 2.56 bits per heavy atom. The molecule has 2 heteroatoms. The van der Waals surface area contributed by atoms with Crippen LogP contribution in [0.15, 0.2) is 30.3 Å². The summed E-state index contributed by atoms with van der Waals surface area (Å²) in [4.78, 5) is 14.4. The van der Waals surface area contributed by atoms with Crippen LogP contribution in [0.4, 0.5) is 0 Å². The van der Waals surface area contributed by atoms with E-state index in [0.29, 0.717) is 6.42 Å². The number of Topliss-reactive ketones (excluding diaryl/α,β-unsaturated/α-hetero) is 1. The quantitative estimate of drug-likeness (QED) is 0.686. The largest absolute Gasteiger partial charge is 0.303 e. The van der Waals surface area contributed by atoms with E-state index in [1.807, 2.05) is 30.3 Å². The first-order chi connectivity index (χ1) is 8.79. The lowest BCUT2D eigenvalue weighted by Crippen LogP contribution is -2.34. The van der Waals surface area contributed by atoms with Gasteiger partial charge in [-0.3, -0.25) is 4.79 Å². The van der Waals surface area contributed by atoms with E-state index >= 15 is 0 Å². The number of hydrogen-bond donors (Lipinski definition) is 0. The molecule has 1 fully saturated rings. The topological polar surface area (TPSA) is 20.3 Å². The normalized spacial score (nSPS) is 15.7. The van der Waals surface area contributed by atoms with Gasteiger partial charge >= 0.3 is 0 Å². The lowest BCUT2D eigenvalue weighted by atomic mass is 9.85. The molecule has 1 aromatic carbocycles. The Morgan fingerprint density at radius 1 is 1.28 bits per heavy atom. The molecular weight excluding hydrogens is 222 g/mol. The number of rotatable bonds is 7. The van der Waals surface area contributed by atoms with Crippen molar-refractivity contribution in [2.75, 3.05) is 19.6 Å². The molecule has 0 atom stereocenters. The summed E-state index contributed by atoms with van der Waals surface area (Å²) < 4.78 is 0. The van der Waals surface area contributed by atoms with Gasteiger partial charge in [-0.15, -0.1) is 0 Å². The highest BCUT2D eigenvalue weighted by Crippen LogP contribution is 2.27. The first-order valence-electron chi connectivity index (χ1n) is 7.10. The fraction of sp³-hybridized carbons (Fsp3) is 0.562. The van der Waals surface area contributed by atoms with Crippen molar-refractivity contribution in [1.29, 1.82) is 0 Å². The third-order valence-electron chi connectivity index (χ3n) is 3.94. The SMILES string of the molecule is CCN(CCC(=O)c1ccccc1)CC1CCC1. The first kappa shape index (κ1) is 13.3. The number of carbonyl (C=O) groups is 1. The zero-order valence-corrected chi connectivity index (χ0v) is 11.3. The molecule has 1 aliphatic carbocycles. The number of carbonyl (C=O) groups excluding carboxylic acids is 1. The van der Waals surface area contributed by atoms with Gasteiger partial charge < -0.3 is 4.90 Å². The van der Waals surface area contributed by atoms with Gasteiger partial charge in [-0.05, 0) is 25.3 Å². The van der Waals surface area contributed by atoms with Crippen molar-refractivity contribution in [3.05, 3.63) is 35.9 Å². The van der Waals surface area contributed by atoms with Crippen molar-refractivity contribution >= 4 is 5.78 Å². The molecule has 2 rings (SSSR count). The minimum Gasteiger partial charge on any atom is -0.303 e. The highest BCUT2D eigenvalue weighted by Gasteiger charge is 2.20. The van der Waals surface area contributed by atoms with Gasteiger partial charge in [0.15, 0.2) is 5.78 Å². The second kappa shape index (κ2) is 6.69. The molecule has 0 heterocycles. The molecule has 1 saturated carbocycles. The van der Waals surface area contributed by atoms with Crippen LogP contribution in [-0.4, -0.2) is 30.3 Å². The monoisotopic (exact) mass is 245 g/mol. The van der Waals surface area contributed by atoms with Crippen molar-refractivity contribution in [2.45, 2.75) is 32.6 Å². The molecule has 0 bridgehead atoms. The maximum Gasteiger partial charge on any atom is 0.164 e. The summed E-state index contributed by atoms with van der Waals surface area (Å²) in [5.74, 6) is 1.15. The molecule has 2 nitrogen and oxygen atoms in total. The Bertz CT molecular complexity index is 370. The van der Waals surface area contributed by atoms with Gasteiger partial charge in [-0.1, -0.05) is 43.7 Å². The molecule has 98 valence electrons. The summed E-state index contributed by atoms with van der Waals surface area (Å²) in [5, 5.41) is 0. The van der Waals surface area contributed by atoms with Gasteiger partial charge in [0.05, 0.1) is 0 Å². The molecule has 0 spiro atoms. The molecule has 0 unspecified atom stereocenters. The fourth-order valence-corrected chi connectivity index (χ4v) is 2.45. The van der Waals surface area contributed by atoms with Crippen LogP contribution in [0.2, 0.25) is 0 Å². The van der Waals surface area contributed by atoms with Crippen LogP contribution in [0, 0.1) is 5.92 Å². The van der Waals surface area contributed by atoms with Gasteiger partial charge in [0.2, 0.25) is 0 Å². The molecule has 1 aromatic rings. The minimum absolute atomic E-state index is 0.266. The molecule has 0 amide bonds. The first-order valence-corrected chi connectivity index (χ1v) is 7.10. The molecule has 18 heavy (non-hydrogen) atoms. The molecule has 0 saturated heterocycles. The van der Waals surface area contributed by atoms with Gasteiger partial charge in [0, 0.05) is 25.1 Å². The molecule has 0 aromatic heterocycles. The van der Waals surface area contributed by atoms with E-state index in [9.17, 15) is 4.79 Å². The molecular formula is C16H23NO. The summed E-state index contributed by atoms with van der Waals surface area (Å²) in [6.07, 6.45) is 4.79. The van der Waals surface area contributed by atoms with Crippen molar-refractivity contribution in [2.24, 2.45) is 5.92 Å². The number of ketones is 1. The Labute approximate surface area is 110 Å². The van der Waals surface area contributed by atoms with Crippen LogP contribution in [0.25, 0.3) is 0 Å². The van der Waals surface area contributed by atoms with Crippen LogP contribution >= 0.6 is 0 Å². The number of benzene rings is 1. The average molecular weight is 245 g/mol. The predicted molar refractivity (Wildman–Crippen MR) is 74.8 cm³/mol. The highest BCUT2D eigenvalue weighted by molar-refractivity contribution is 5.96. The Morgan fingerprint density at radius 2 is 2.00 bits per heavy atom. The maximum absolute atomic E-state index is 12.0. The predicted octanol–water partition coefficient (Wildman–Crippen LogP) is 3.38. The average Bonchev–Trinajstić information content (AvgIpc) is 2.37. The minimum atomic E-state index is 0.266. The van der Waals surface area contributed by atoms with Crippen LogP contribution in [0.5, 0.6) is 0 Å². The fourth-order valence-electron chi connectivity index (χ4n) is 2.45. The number of hydrogen-bond acceptors (Lipinski definition) is 2. The van der Waals surface area contributed by atoms with E-state index in [0.717, 1.165) is 24.6 Å². The summed E-state index contributed by atoms with van der Waals surface area (Å²) >= 11 is 0. The second-order valence-electron chi connectivity index (χ2n) is 5.23. The lowest BCUT2D eigenvalue weighted by molar-refractivity contribution is 0.0954.